The number of alkyl halides is 1. The molecule has 0 saturated carbocycles. The summed E-state index contributed by atoms with van der Waals surface area (Å²) >= 11 is 5.60. The van der Waals surface area contributed by atoms with Crippen molar-refractivity contribution in [3.63, 3.8) is 0 Å². The highest BCUT2D eigenvalue weighted by molar-refractivity contribution is 6.23. The number of aryl methyl sites for hydroxylation is 1. The molecule has 0 aliphatic rings. The van der Waals surface area contributed by atoms with Gasteiger partial charge in [0.1, 0.15) is 5.82 Å². The van der Waals surface area contributed by atoms with E-state index in [2.05, 4.69) is 6.58 Å². The molecule has 0 aliphatic heterocycles. The molecule has 0 aliphatic carbocycles. The van der Waals surface area contributed by atoms with Crippen LogP contribution in [0.1, 0.15) is 11.1 Å². The fraction of sp³-hybridized carbons (Fsp3) is 0.200. The maximum atomic E-state index is 12.7. The smallest absolute Gasteiger partial charge is 0.123 e. The van der Waals surface area contributed by atoms with E-state index in [1.54, 1.807) is 6.07 Å². The predicted molar refractivity (Wildman–Crippen MR) is 50.9 cm³/mol. The first-order valence-electron chi connectivity index (χ1n) is 3.65. The molecule has 0 fully saturated rings. The molecule has 0 nitrogen and oxygen atoms in total. The van der Waals surface area contributed by atoms with E-state index < -0.39 is 0 Å². The lowest BCUT2D eigenvalue weighted by molar-refractivity contribution is 0.626. The Hall–Kier alpha value is -0.820. The molecule has 0 aromatic heterocycles. The van der Waals surface area contributed by atoms with E-state index in [0.29, 0.717) is 5.88 Å². The first-order chi connectivity index (χ1) is 5.65. The largest absolute Gasteiger partial charge is 0.207 e. The predicted octanol–water partition coefficient (Wildman–Crippen LogP) is 3.39. The Bertz CT molecular complexity index is 305. The van der Waals surface area contributed by atoms with Crippen LogP contribution in [0.15, 0.2) is 24.8 Å². The Morgan fingerprint density at radius 2 is 2.25 bits per heavy atom. The molecule has 0 amide bonds. The molecule has 64 valence electrons. The zero-order valence-corrected chi connectivity index (χ0v) is 7.66. The Morgan fingerprint density at radius 3 is 2.75 bits per heavy atom. The highest BCUT2D eigenvalue weighted by atomic mass is 35.5. The molecule has 12 heavy (non-hydrogen) atoms. The van der Waals surface area contributed by atoms with Gasteiger partial charge in [0.05, 0.1) is 0 Å². The number of rotatable bonds is 2. The van der Waals surface area contributed by atoms with Crippen LogP contribution in [0.4, 0.5) is 4.39 Å². The highest BCUT2D eigenvalue weighted by Crippen LogP contribution is 2.18. The number of benzene rings is 1. The highest BCUT2D eigenvalue weighted by Gasteiger charge is 2.02. The zero-order chi connectivity index (χ0) is 9.14. The molecule has 0 atom stereocenters. The topological polar surface area (TPSA) is 0 Å². The standard InChI is InChI=1S/C10H10ClF/c1-7-5-9(12)3-4-10(7)8(2)6-11/h3-5H,2,6H2,1H3. The quantitative estimate of drug-likeness (QED) is 0.619. The average Bonchev–Trinajstić information content (AvgIpc) is 2.03. The summed E-state index contributed by atoms with van der Waals surface area (Å²) in [5, 5.41) is 0. The van der Waals surface area contributed by atoms with Crippen LogP contribution in [0.3, 0.4) is 0 Å². The van der Waals surface area contributed by atoms with E-state index in [4.69, 9.17) is 11.6 Å². The van der Waals surface area contributed by atoms with Crippen LogP contribution in [0, 0.1) is 12.7 Å². The van der Waals surface area contributed by atoms with Crippen LogP contribution >= 0.6 is 11.6 Å². The first-order valence-corrected chi connectivity index (χ1v) is 4.19. The molecule has 1 aromatic rings. The summed E-state index contributed by atoms with van der Waals surface area (Å²) in [6.07, 6.45) is 0. The van der Waals surface area contributed by atoms with Crippen LogP contribution in [0.5, 0.6) is 0 Å². The monoisotopic (exact) mass is 184 g/mol. The fourth-order valence-corrected chi connectivity index (χ4v) is 1.24. The van der Waals surface area contributed by atoms with Gasteiger partial charge in [-0.15, -0.1) is 11.6 Å². The molecule has 2 heteroatoms. The summed E-state index contributed by atoms with van der Waals surface area (Å²) in [5.74, 6) is 0.158. The lowest BCUT2D eigenvalue weighted by Gasteiger charge is -2.05. The van der Waals surface area contributed by atoms with Crippen LogP contribution in [0.25, 0.3) is 5.57 Å². The molecule has 0 spiro atoms. The van der Waals surface area contributed by atoms with Crippen molar-refractivity contribution in [3.8, 4) is 0 Å². The molecule has 0 heterocycles. The van der Waals surface area contributed by atoms with Gasteiger partial charge < -0.3 is 0 Å². The molecule has 0 saturated heterocycles. The third-order valence-electron chi connectivity index (χ3n) is 1.73. The Balaban J connectivity index is 3.09. The van der Waals surface area contributed by atoms with Crippen LogP contribution in [0.2, 0.25) is 0 Å². The Labute approximate surface area is 76.7 Å². The van der Waals surface area contributed by atoms with Gasteiger partial charge in [0.15, 0.2) is 0 Å². The Morgan fingerprint density at radius 1 is 1.58 bits per heavy atom. The summed E-state index contributed by atoms with van der Waals surface area (Å²) < 4.78 is 12.7. The molecular weight excluding hydrogens is 175 g/mol. The van der Waals surface area contributed by atoms with E-state index >= 15 is 0 Å². The summed E-state index contributed by atoms with van der Waals surface area (Å²) in [5.41, 5.74) is 2.64. The zero-order valence-electron chi connectivity index (χ0n) is 6.90. The minimum atomic E-state index is -0.223. The van der Waals surface area contributed by atoms with Gasteiger partial charge in [0.25, 0.3) is 0 Å². The summed E-state index contributed by atoms with van der Waals surface area (Å²) in [4.78, 5) is 0. The minimum Gasteiger partial charge on any atom is -0.207 e. The van der Waals surface area contributed by atoms with Crippen LogP contribution in [-0.2, 0) is 0 Å². The van der Waals surface area contributed by atoms with Gasteiger partial charge in [-0.1, -0.05) is 12.6 Å². The first kappa shape index (κ1) is 9.27. The molecule has 0 bridgehead atoms. The summed E-state index contributed by atoms with van der Waals surface area (Å²) in [6, 6.07) is 4.60. The second-order valence-electron chi connectivity index (χ2n) is 2.70. The van der Waals surface area contributed by atoms with Crippen LogP contribution < -0.4 is 0 Å². The normalized spacial score (nSPS) is 9.92. The van der Waals surface area contributed by atoms with Gasteiger partial charge in [-0.05, 0) is 35.8 Å². The Kier molecular flexibility index (Phi) is 2.88. The van der Waals surface area contributed by atoms with E-state index in [0.717, 1.165) is 16.7 Å². The van der Waals surface area contributed by atoms with Crippen molar-refractivity contribution < 1.29 is 4.39 Å². The molecule has 1 aromatic carbocycles. The number of hydrogen-bond acceptors (Lipinski definition) is 0. The second kappa shape index (κ2) is 3.72. The molecule has 0 unspecified atom stereocenters. The van der Waals surface area contributed by atoms with E-state index in [-0.39, 0.29) is 5.82 Å². The van der Waals surface area contributed by atoms with E-state index in [1.165, 1.54) is 12.1 Å². The van der Waals surface area contributed by atoms with Gasteiger partial charge in [0.2, 0.25) is 0 Å². The molecule has 0 N–H and O–H groups in total. The summed E-state index contributed by atoms with van der Waals surface area (Å²) in [6.45, 7) is 5.62. The lowest BCUT2D eigenvalue weighted by Crippen LogP contribution is -1.89. The SMILES string of the molecule is C=C(CCl)c1ccc(F)cc1C. The van der Waals surface area contributed by atoms with E-state index in [1.807, 2.05) is 6.92 Å². The van der Waals surface area contributed by atoms with Gasteiger partial charge in [0, 0.05) is 5.88 Å². The van der Waals surface area contributed by atoms with Gasteiger partial charge >= 0.3 is 0 Å². The van der Waals surface area contributed by atoms with Crippen molar-refractivity contribution in [3.05, 3.63) is 41.7 Å². The number of allylic oxidation sites excluding steroid dienone is 1. The van der Waals surface area contributed by atoms with Crippen molar-refractivity contribution in [1.29, 1.82) is 0 Å². The van der Waals surface area contributed by atoms with Crippen molar-refractivity contribution in [2.75, 3.05) is 5.88 Å². The van der Waals surface area contributed by atoms with Crippen molar-refractivity contribution >= 4 is 17.2 Å². The van der Waals surface area contributed by atoms with Crippen molar-refractivity contribution in [2.45, 2.75) is 6.92 Å². The average molecular weight is 185 g/mol. The van der Waals surface area contributed by atoms with Gasteiger partial charge in [-0.3, -0.25) is 0 Å². The van der Waals surface area contributed by atoms with Crippen molar-refractivity contribution in [1.82, 2.24) is 0 Å². The second-order valence-corrected chi connectivity index (χ2v) is 2.96. The van der Waals surface area contributed by atoms with Crippen LogP contribution in [-0.4, -0.2) is 5.88 Å². The van der Waals surface area contributed by atoms with E-state index in [9.17, 15) is 4.39 Å². The third kappa shape index (κ3) is 1.86. The van der Waals surface area contributed by atoms with Gasteiger partial charge in [-0.2, -0.15) is 0 Å². The molecule has 0 radical (unpaired) electrons. The van der Waals surface area contributed by atoms with Crippen molar-refractivity contribution in [2.24, 2.45) is 0 Å². The molecular formula is C10H10ClF. The molecule has 1 rings (SSSR count). The lowest BCUT2D eigenvalue weighted by atomic mass is 10.0. The number of hydrogen-bond donors (Lipinski definition) is 0. The maximum Gasteiger partial charge on any atom is 0.123 e. The summed E-state index contributed by atoms with van der Waals surface area (Å²) in [7, 11) is 0. The van der Waals surface area contributed by atoms with Gasteiger partial charge in [-0.25, -0.2) is 4.39 Å². The number of halogens is 2. The maximum absolute atomic E-state index is 12.7. The fourth-order valence-electron chi connectivity index (χ4n) is 1.10. The minimum absolute atomic E-state index is 0.223. The third-order valence-corrected chi connectivity index (χ3v) is 2.05.